The van der Waals surface area contributed by atoms with Crippen LogP contribution in [0.2, 0.25) is 0 Å². The van der Waals surface area contributed by atoms with Crippen molar-refractivity contribution in [3.8, 4) is 17.1 Å². The van der Waals surface area contributed by atoms with Gasteiger partial charge in [-0.3, -0.25) is 9.36 Å². The smallest absolute Gasteiger partial charge is 0.233 e. The summed E-state index contributed by atoms with van der Waals surface area (Å²) >= 11 is 1.48. The zero-order chi connectivity index (χ0) is 20.3. The molecular formula is C21H30N4O2S. The summed E-state index contributed by atoms with van der Waals surface area (Å²) in [6, 6.07) is 8.00. The summed E-state index contributed by atoms with van der Waals surface area (Å²) in [5, 5.41) is 9.57. The lowest BCUT2D eigenvalue weighted by Crippen LogP contribution is -2.43. The lowest BCUT2D eigenvalue weighted by molar-refractivity contribution is -0.130. The number of benzene rings is 1. The van der Waals surface area contributed by atoms with Crippen LogP contribution >= 0.6 is 11.8 Å². The van der Waals surface area contributed by atoms with Crippen LogP contribution in [0.5, 0.6) is 5.75 Å². The Labute approximate surface area is 171 Å². The van der Waals surface area contributed by atoms with Crippen molar-refractivity contribution in [2.24, 2.45) is 11.8 Å². The van der Waals surface area contributed by atoms with Crippen molar-refractivity contribution in [3.05, 3.63) is 24.3 Å². The summed E-state index contributed by atoms with van der Waals surface area (Å²) in [6.07, 6.45) is 1.20. The number of nitrogens with zero attached hydrogens (tertiary/aromatic N) is 4. The summed E-state index contributed by atoms with van der Waals surface area (Å²) in [5.41, 5.74) is 0.985. The van der Waals surface area contributed by atoms with Crippen molar-refractivity contribution in [1.82, 2.24) is 19.7 Å². The number of hydrogen-bond acceptors (Lipinski definition) is 5. The third-order valence-corrected chi connectivity index (χ3v) is 6.00. The standard InChI is InChI=1S/C21H30N4O2S/c1-14(2)25-20(17-6-8-18(27-5)9-7-17)22-23-21(25)28-13-19(26)24-11-15(3)10-16(4)12-24/h6-9,14-16H,10-13H2,1-5H3. The van der Waals surface area contributed by atoms with E-state index in [1.807, 2.05) is 29.2 Å². The lowest BCUT2D eigenvalue weighted by Gasteiger charge is -2.35. The van der Waals surface area contributed by atoms with Crippen LogP contribution < -0.4 is 4.74 Å². The predicted octanol–water partition coefficient (Wildman–Crippen LogP) is 4.13. The van der Waals surface area contributed by atoms with Crippen LogP contribution in [0.1, 0.15) is 40.2 Å². The van der Waals surface area contributed by atoms with Gasteiger partial charge in [0.1, 0.15) is 5.75 Å². The Morgan fingerprint density at radius 1 is 1.18 bits per heavy atom. The molecule has 152 valence electrons. The van der Waals surface area contributed by atoms with Gasteiger partial charge >= 0.3 is 0 Å². The molecule has 1 amide bonds. The molecule has 3 rings (SSSR count). The van der Waals surface area contributed by atoms with Crippen LogP contribution in [0.3, 0.4) is 0 Å². The number of amides is 1. The fraction of sp³-hybridized carbons (Fsp3) is 0.571. The number of methoxy groups -OCH3 is 1. The summed E-state index contributed by atoms with van der Waals surface area (Å²) in [7, 11) is 1.65. The zero-order valence-corrected chi connectivity index (χ0v) is 18.2. The number of thioether (sulfide) groups is 1. The predicted molar refractivity (Wildman–Crippen MR) is 113 cm³/mol. The SMILES string of the molecule is COc1ccc(-c2nnc(SCC(=O)N3CC(C)CC(C)C3)n2C(C)C)cc1. The number of likely N-dealkylation sites (tertiary alicyclic amines) is 1. The molecule has 2 unspecified atom stereocenters. The first-order chi connectivity index (χ1) is 13.4. The van der Waals surface area contributed by atoms with Gasteiger partial charge in [0.05, 0.1) is 12.9 Å². The Morgan fingerprint density at radius 3 is 2.39 bits per heavy atom. The molecule has 2 aromatic rings. The van der Waals surface area contributed by atoms with Gasteiger partial charge in [0, 0.05) is 24.7 Å². The van der Waals surface area contributed by atoms with Gasteiger partial charge in [-0.1, -0.05) is 25.6 Å². The summed E-state index contributed by atoms with van der Waals surface area (Å²) in [6.45, 7) is 10.4. The maximum absolute atomic E-state index is 12.7. The molecule has 1 aliphatic heterocycles. The second kappa shape index (κ2) is 8.99. The van der Waals surface area contributed by atoms with E-state index in [2.05, 4.69) is 42.5 Å². The highest BCUT2D eigenvalue weighted by Crippen LogP contribution is 2.29. The topological polar surface area (TPSA) is 60.3 Å². The first-order valence-corrected chi connectivity index (χ1v) is 10.9. The molecule has 1 aromatic carbocycles. The van der Waals surface area contributed by atoms with Gasteiger partial charge in [-0.15, -0.1) is 10.2 Å². The number of carbonyl (C=O) groups is 1. The number of piperidine rings is 1. The van der Waals surface area contributed by atoms with Crippen molar-refractivity contribution in [1.29, 1.82) is 0 Å². The molecule has 0 aliphatic carbocycles. The molecule has 2 heterocycles. The van der Waals surface area contributed by atoms with Crippen molar-refractivity contribution in [2.45, 2.75) is 45.3 Å². The second-order valence-corrected chi connectivity index (χ2v) is 8.97. The number of rotatable bonds is 6. The van der Waals surface area contributed by atoms with E-state index in [9.17, 15) is 4.79 Å². The molecule has 1 saturated heterocycles. The second-order valence-electron chi connectivity index (χ2n) is 8.03. The van der Waals surface area contributed by atoms with E-state index in [1.54, 1.807) is 7.11 Å². The van der Waals surface area contributed by atoms with Crippen molar-refractivity contribution in [3.63, 3.8) is 0 Å². The lowest BCUT2D eigenvalue weighted by atomic mass is 9.92. The zero-order valence-electron chi connectivity index (χ0n) is 17.4. The van der Waals surface area contributed by atoms with E-state index in [0.717, 1.165) is 35.4 Å². The molecule has 2 atom stereocenters. The summed E-state index contributed by atoms with van der Waals surface area (Å²) in [5.74, 6) is 3.34. The summed E-state index contributed by atoms with van der Waals surface area (Å²) < 4.78 is 7.33. The molecule has 0 bridgehead atoms. The Morgan fingerprint density at radius 2 is 1.82 bits per heavy atom. The molecule has 1 aliphatic rings. The van der Waals surface area contributed by atoms with Gasteiger partial charge in [0.15, 0.2) is 11.0 Å². The van der Waals surface area contributed by atoms with Gasteiger partial charge in [0.2, 0.25) is 5.91 Å². The van der Waals surface area contributed by atoms with Crippen LogP contribution in [-0.2, 0) is 4.79 Å². The van der Waals surface area contributed by atoms with Gasteiger partial charge < -0.3 is 9.64 Å². The third kappa shape index (κ3) is 4.69. The van der Waals surface area contributed by atoms with Crippen LogP contribution in [-0.4, -0.2) is 51.5 Å². The molecule has 0 N–H and O–H groups in total. The van der Waals surface area contributed by atoms with Crippen molar-refractivity contribution < 1.29 is 9.53 Å². The largest absolute Gasteiger partial charge is 0.497 e. The van der Waals surface area contributed by atoms with E-state index < -0.39 is 0 Å². The normalized spacial score (nSPS) is 19.9. The molecule has 0 spiro atoms. The van der Waals surface area contributed by atoms with Crippen molar-refractivity contribution in [2.75, 3.05) is 26.0 Å². The van der Waals surface area contributed by atoms with Crippen molar-refractivity contribution >= 4 is 17.7 Å². The average Bonchev–Trinajstić information content (AvgIpc) is 3.09. The Bertz CT molecular complexity index is 793. The van der Waals surface area contributed by atoms with E-state index in [1.165, 1.54) is 18.2 Å². The van der Waals surface area contributed by atoms with Gasteiger partial charge in [-0.05, 0) is 56.4 Å². The van der Waals surface area contributed by atoms with Gasteiger partial charge in [-0.2, -0.15) is 0 Å². The van der Waals surface area contributed by atoms with E-state index in [-0.39, 0.29) is 11.9 Å². The molecule has 7 heteroatoms. The summed E-state index contributed by atoms with van der Waals surface area (Å²) in [4.78, 5) is 14.7. The average molecular weight is 403 g/mol. The highest BCUT2D eigenvalue weighted by Gasteiger charge is 2.26. The molecule has 1 aromatic heterocycles. The fourth-order valence-electron chi connectivity index (χ4n) is 3.86. The molecule has 0 radical (unpaired) electrons. The van der Waals surface area contributed by atoms with Crippen LogP contribution in [0.25, 0.3) is 11.4 Å². The minimum atomic E-state index is 0.188. The first-order valence-electron chi connectivity index (χ1n) is 9.89. The van der Waals surface area contributed by atoms with Gasteiger partial charge in [0.25, 0.3) is 0 Å². The highest BCUT2D eigenvalue weighted by molar-refractivity contribution is 7.99. The minimum absolute atomic E-state index is 0.188. The van der Waals surface area contributed by atoms with Gasteiger partial charge in [-0.25, -0.2) is 0 Å². The Hall–Kier alpha value is -2.02. The molecule has 0 saturated carbocycles. The van der Waals surface area contributed by atoms with E-state index in [4.69, 9.17) is 4.74 Å². The maximum atomic E-state index is 12.7. The Balaban J connectivity index is 1.73. The number of carbonyl (C=O) groups excluding carboxylic acids is 1. The maximum Gasteiger partial charge on any atom is 0.233 e. The monoisotopic (exact) mass is 402 g/mol. The Kier molecular flexibility index (Phi) is 6.65. The van der Waals surface area contributed by atoms with Crippen LogP contribution in [0.4, 0.5) is 0 Å². The molecule has 6 nitrogen and oxygen atoms in total. The first kappa shape index (κ1) is 20.7. The van der Waals surface area contributed by atoms with Crippen LogP contribution in [0, 0.1) is 11.8 Å². The molecule has 28 heavy (non-hydrogen) atoms. The van der Waals surface area contributed by atoms with E-state index in [0.29, 0.717) is 17.6 Å². The highest BCUT2D eigenvalue weighted by atomic mass is 32.2. The quantitative estimate of drug-likeness (QED) is 0.680. The molecular weight excluding hydrogens is 372 g/mol. The fourth-order valence-corrected chi connectivity index (χ4v) is 4.83. The number of hydrogen-bond donors (Lipinski definition) is 0. The minimum Gasteiger partial charge on any atom is -0.497 e. The number of ether oxygens (including phenoxy) is 1. The van der Waals surface area contributed by atoms with Crippen LogP contribution in [0.15, 0.2) is 29.4 Å². The molecule has 1 fully saturated rings. The number of aromatic nitrogens is 3. The third-order valence-electron chi connectivity index (χ3n) is 5.08. The van der Waals surface area contributed by atoms with E-state index >= 15 is 0 Å².